The summed E-state index contributed by atoms with van der Waals surface area (Å²) in [7, 11) is 0. The third-order valence-corrected chi connectivity index (χ3v) is 1.70. The highest BCUT2D eigenvalue weighted by Crippen LogP contribution is 2.17. The quantitative estimate of drug-likeness (QED) is 0.608. The lowest BCUT2D eigenvalue weighted by molar-refractivity contribution is 0.190. The Bertz CT molecular complexity index is 71.7. The van der Waals surface area contributed by atoms with E-state index >= 15 is 0 Å². The van der Waals surface area contributed by atoms with Gasteiger partial charge in [0.15, 0.2) is 0 Å². The minimum Gasteiger partial charge on any atom is -0.396 e. The molecule has 0 saturated carbocycles. The second-order valence-corrected chi connectivity index (χ2v) is 2.51. The number of aliphatic hydroxyl groups excluding tert-OH is 2. The minimum atomic E-state index is -0.309. The monoisotopic (exact) mass is 145 g/mol. The molecule has 0 aromatic carbocycles. The molecule has 0 aliphatic rings. The molecule has 1 unspecified atom stereocenters. The lowest BCUT2D eigenvalue weighted by Crippen LogP contribution is -2.13. The van der Waals surface area contributed by atoms with E-state index in [4.69, 9.17) is 10.2 Å². The van der Waals surface area contributed by atoms with E-state index in [9.17, 15) is 0 Å². The van der Waals surface area contributed by atoms with Crippen molar-refractivity contribution in [3.63, 3.8) is 0 Å². The molecule has 61 valence electrons. The summed E-state index contributed by atoms with van der Waals surface area (Å²) in [5, 5.41) is 17.6. The number of aliphatic hydroxyl groups is 2. The summed E-state index contributed by atoms with van der Waals surface area (Å²) in [5.41, 5.74) is 0. The fourth-order valence-electron chi connectivity index (χ4n) is 0.987. The number of hydrogen-bond acceptors (Lipinski definition) is 2. The predicted molar refractivity (Wildman–Crippen MR) is 41.5 cm³/mol. The molecule has 0 aliphatic heterocycles. The molecule has 0 spiro atoms. The fraction of sp³-hybridized carbons (Fsp3) is 0.875. The first-order valence-corrected chi connectivity index (χ1v) is 3.85. The van der Waals surface area contributed by atoms with Crippen molar-refractivity contribution in [1.29, 1.82) is 0 Å². The zero-order valence-corrected chi connectivity index (χ0v) is 6.80. The van der Waals surface area contributed by atoms with Crippen molar-refractivity contribution in [2.45, 2.75) is 39.2 Å². The molecule has 0 aromatic heterocycles. The van der Waals surface area contributed by atoms with Crippen LogP contribution in [0, 0.1) is 5.92 Å². The van der Waals surface area contributed by atoms with Gasteiger partial charge in [0, 0.05) is 12.5 Å². The Morgan fingerprint density at radius 2 is 2.10 bits per heavy atom. The summed E-state index contributed by atoms with van der Waals surface area (Å²) < 4.78 is 0. The number of rotatable bonds is 5. The summed E-state index contributed by atoms with van der Waals surface area (Å²) in [6, 6.07) is 0. The second-order valence-electron chi connectivity index (χ2n) is 2.51. The Balaban J connectivity index is 3.40. The topological polar surface area (TPSA) is 40.5 Å². The van der Waals surface area contributed by atoms with Gasteiger partial charge in [0.2, 0.25) is 0 Å². The molecule has 0 fully saturated rings. The largest absolute Gasteiger partial charge is 0.396 e. The van der Waals surface area contributed by atoms with E-state index in [1.54, 1.807) is 6.92 Å². The van der Waals surface area contributed by atoms with E-state index in [1.807, 2.05) is 6.92 Å². The molecule has 2 nitrogen and oxygen atoms in total. The Hall–Kier alpha value is -0.0800. The Morgan fingerprint density at radius 3 is 2.40 bits per heavy atom. The third-order valence-electron chi connectivity index (χ3n) is 1.70. The van der Waals surface area contributed by atoms with E-state index < -0.39 is 0 Å². The summed E-state index contributed by atoms with van der Waals surface area (Å²) in [6.07, 6.45) is 2.23. The average Bonchev–Trinajstić information content (AvgIpc) is 1.89. The van der Waals surface area contributed by atoms with E-state index in [0.29, 0.717) is 0 Å². The molecule has 0 aliphatic carbocycles. The van der Waals surface area contributed by atoms with Gasteiger partial charge in [0.1, 0.15) is 0 Å². The van der Waals surface area contributed by atoms with Crippen molar-refractivity contribution in [1.82, 2.24) is 0 Å². The zero-order valence-electron chi connectivity index (χ0n) is 6.80. The van der Waals surface area contributed by atoms with Crippen molar-refractivity contribution in [3.05, 3.63) is 5.92 Å². The Morgan fingerprint density at radius 1 is 1.50 bits per heavy atom. The van der Waals surface area contributed by atoms with Gasteiger partial charge in [-0.2, -0.15) is 0 Å². The fourth-order valence-corrected chi connectivity index (χ4v) is 0.987. The van der Waals surface area contributed by atoms with E-state index in [2.05, 4.69) is 0 Å². The SMILES string of the molecule is CC[C](CCCO)C(C)O. The van der Waals surface area contributed by atoms with Crippen molar-refractivity contribution in [3.8, 4) is 0 Å². The van der Waals surface area contributed by atoms with Gasteiger partial charge in [-0.05, 0) is 26.2 Å². The van der Waals surface area contributed by atoms with Crippen LogP contribution >= 0.6 is 0 Å². The summed E-state index contributed by atoms with van der Waals surface area (Å²) in [4.78, 5) is 0. The van der Waals surface area contributed by atoms with E-state index in [1.165, 1.54) is 0 Å². The van der Waals surface area contributed by atoms with Crippen molar-refractivity contribution >= 4 is 0 Å². The maximum absolute atomic E-state index is 9.12. The van der Waals surface area contributed by atoms with Crippen LogP contribution in [-0.4, -0.2) is 22.9 Å². The van der Waals surface area contributed by atoms with Gasteiger partial charge in [0.25, 0.3) is 0 Å². The predicted octanol–water partition coefficient (Wildman–Crippen LogP) is 1.12. The van der Waals surface area contributed by atoms with Crippen LogP contribution in [0.15, 0.2) is 0 Å². The molecule has 0 saturated heterocycles. The normalized spacial score (nSPS) is 14.1. The Labute approximate surface area is 62.9 Å². The molecule has 1 atom stereocenters. The standard InChI is InChI=1S/C8H17O2/c1-3-8(7(2)10)5-4-6-9/h7,9-10H,3-6H2,1-2H3. The summed E-state index contributed by atoms with van der Waals surface area (Å²) >= 11 is 0. The minimum absolute atomic E-state index is 0.218. The van der Waals surface area contributed by atoms with Gasteiger partial charge >= 0.3 is 0 Å². The lowest BCUT2D eigenvalue weighted by Gasteiger charge is -2.15. The van der Waals surface area contributed by atoms with Gasteiger partial charge < -0.3 is 10.2 Å². The highest BCUT2D eigenvalue weighted by atomic mass is 16.3. The smallest absolute Gasteiger partial charge is 0.0574 e. The zero-order chi connectivity index (χ0) is 7.98. The van der Waals surface area contributed by atoms with E-state index in [0.717, 1.165) is 25.2 Å². The van der Waals surface area contributed by atoms with E-state index in [-0.39, 0.29) is 12.7 Å². The highest BCUT2D eigenvalue weighted by Gasteiger charge is 2.11. The van der Waals surface area contributed by atoms with Gasteiger partial charge in [-0.15, -0.1) is 0 Å². The van der Waals surface area contributed by atoms with Gasteiger partial charge in [0.05, 0.1) is 6.10 Å². The molecule has 0 aromatic rings. The van der Waals surface area contributed by atoms with Crippen LogP contribution in [-0.2, 0) is 0 Å². The molecular weight excluding hydrogens is 128 g/mol. The molecule has 10 heavy (non-hydrogen) atoms. The molecular formula is C8H17O2. The van der Waals surface area contributed by atoms with Crippen LogP contribution in [0.4, 0.5) is 0 Å². The first kappa shape index (κ1) is 9.92. The van der Waals surface area contributed by atoms with Crippen molar-refractivity contribution < 1.29 is 10.2 Å². The maximum atomic E-state index is 9.12. The van der Waals surface area contributed by atoms with Crippen LogP contribution in [0.5, 0.6) is 0 Å². The first-order valence-electron chi connectivity index (χ1n) is 3.85. The first-order chi connectivity index (χ1) is 4.72. The molecule has 1 radical (unpaired) electrons. The number of hydrogen-bond donors (Lipinski definition) is 2. The molecule has 0 heterocycles. The lowest BCUT2D eigenvalue weighted by atomic mass is 9.95. The summed E-state index contributed by atoms with van der Waals surface area (Å²) in [5.74, 6) is 1.13. The molecule has 2 heteroatoms. The molecule has 0 bridgehead atoms. The van der Waals surface area contributed by atoms with Crippen LogP contribution < -0.4 is 0 Å². The molecule has 2 N–H and O–H groups in total. The van der Waals surface area contributed by atoms with Crippen LogP contribution in [0.2, 0.25) is 0 Å². The van der Waals surface area contributed by atoms with Gasteiger partial charge in [-0.3, -0.25) is 0 Å². The Kier molecular flexibility index (Phi) is 5.64. The molecule has 0 rings (SSSR count). The second kappa shape index (κ2) is 5.69. The molecule has 0 amide bonds. The van der Waals surface area contributed by atoms with Crippen LogP contribution in [0.1, 0.15) is 33.1 Å². The highest BCUT2D eigenvalue weighted by molar-refractivity contribution is 4.93. The van der Waals surface area contributed by atoms with Crippen LogP contribution in [0.3, 0.4) is 0 Å². The van der Waals surface area contributed by atoms with Crippen molar-refractivity contribution in [2.75, 3.05) is 6.61 Å². The average molecular weight is 145 g/mol. The van der Waals surface area contributed by atoms with Gasteiger partial charge in [-0.25, -0.2) is 0 Å². The van der Waals surface area contributed by atoms with Crippen LogP contribution in [0.25, 0.3) is 0 Å². The van der Waals surface area contributed by atoms with Gasteiger partial charge in [-0.1, -0.05) is 6.92 Å². The summed E-state index contributed by atoms with van der Waals surface area (Å²) in [6.45, 7) is 4.02. The maximum Gasteiger partial charge on any atom is 0.0574 e. The van der Waals surface area contributed by atoms with Crippen molar-refractivity contribution in [2.24, 2.45) is 0 Å². The third kappa shape index (κ3) is 3.85.